The summed E-state index contributed by atoms with van der Waals surface area (Å²) in [5, 5.41) is 0.449. The fourth-order valence-electron chi connectivity index (χ4n) is 2.12. The molecule has 2 N–H and O–H groups in total. The normalized spacial score (nSPS) is 19.9. The Kier molecular flexibility index (Phi) is 3.30. The van der Waals surface area contributed by atoms with Crippen molar-refractivity contribution >= 4 is 34.3 Å². The van der Waals surface area contributed by atoms with Gasteiger partial charge in [-0.1, -0.05) is 41.9 Å². The summed E-state index contributed by atoms with van der Waals surface area (Å²) >= 11 is 4.30. The third kappa shape index (κ3) is 2.02. The maximum absolute atomic E-state index is 12.5. The van der Waals surface area contributed by atoms with E-state index in [1.807, 2.05) is 18.2 Å². The van der Waals surface area contributed by atoms with Gasteiger partial charge in [0.2, 0.25) is 10.7 Å². The van der Waals surface area contributed by atoms with Crippen LogP contribution in [0.1, 0.15) is 15.9 Å². The summed E-state index contributed by atoms with van der Waals surface area (Å²) in [6, 6.07) is 13.8. The molecule has 0 aliphatic carbocycles. The first-order valence-electron chi connectivity index (χ1n) is 5.91. The molecular formula is C15H10ClNO2S. The van der Waals surface area contributed by atoms with Crippen LogP contribution in [0, 0.1) is 0 Å². The molecule has 2 aromatic rings. The molecule has 0 bridgehead atoms. The van der Waals surface area contributed by atoms with Gasteiger partial charge in [-0.2, -0.15) is 0 Å². The van der Waals surface area contributed by atoms with E-state index in [1.165, 1.54) is 0 Å². The summed E-state index contributed by atoms with van der Waals surface area (Å²) in [5.74, 6) is -0.295. The number of carbonyl (C=O) groups excluding carboxylic acids is 1. The van der Waals surface area contributed by atoms with Crippen molar-refractivity contribution in [3.05, 3.63) is 69.6 Å². The van der Waals surface area contributed by atoms with E-state index in [-0.39, 0.29) is 16.4 Å². The average molecular weight is 304 g/mol. The standard InChI is InChI=1S/C15H10ClNO2S/c16-10-6-7-11-12(8-10)20(19)15(14(11)18)13(17)9-4-2-1-3-5-9/h1-8H,17H2/b15-13+. The van der Waals surface area contributed by atoms with E-state index in [1.54, 1.807) is 30.3 Å². The molecule has 3 rings (SSSR count). The highest BCUT2D eigenvalue weighted by Gasteiger charge is 2.41. The lowest BCUT2D eigenvalue weighted by Crippen LogP contribution is -2.11. The molecule has 5 heteroatoms. The first-order chi connectivity index (χ1) is 9.59. The van der Waals surface area contributed by atoms with Gasteiger partial charge < -0.3 is 10.3 Å². The van der Waals surface area contributed by atoms with Gasteiger partial charge in [0.25, 0.3) is 0 Å². The first-order valence-corrected chi connectivity index (χ1v) is 7.43. The van der Waals surface area contributed by atoms with E-state index in [4.69, 9.17) is 17.3 Å². The van der Waals surface area contributed by atoms with Crippen molar-refractivity contribution in [3.8, 4) is 0 Å². The van der Waals surface area contributed by atoms with Gasteiger partial charge in [-0.3, -0.25) is 4.79 Å². The summed E-state index contributed by atoms with van der Waals surface area (Å²) in [4.78, 5) is 12.9. The third-order valence-corrected chi connectivity index (χ3v) is 4.86. The van der Waals surface area contributed by atoms with Crippen molar-refractivity contribution in [1.82, 2.24) is 0 Å². The minimum atomic E-state index is -1.59. The van der Waals surface area contributed by atoms with Crippen LogP contribution in [0.5, 0.6) is 0 Å². The van der Waals surface area contributed by atoms with Gasteiger partial charge >= 0.3 is 0 Å². The SMILES string of the molecule is N/C(=C1\C(=O)c2ccc(Cl)cc2[S+]1[O-])c1ccccc1. The highest BCUT2D eigenvalue weighted by Crippen LogP contribution is 2.38. The number of hydrogen-bond donors (Lipinski definition) is 1. The van der Waals surface area contributed by atoms with Gasteiger partial charge in [0.1, 0.15) is 0 Å². The Bertz CT molecular complexity index is 728. The van der Waals surface area contributed by atoms with E-state index in [0.717, 1.165) is 0 Å². The zero-order chi connectivity index (χ0) is 14.3. The molecule has 1 unspecified atom stereocenters. The molecule has 1 heterocycles. The van der Waals surface area contributed by atoms with Crippen molar-refractivity contribution in [2.75, 3.05) is 0 Å². The zero-order valence-electron chi connectivity index (χ0n) is 10.3. The number of benzene rings is 2. The number of halogens is 1. The fourth-order valence-corrected chi connectivity index (χ4v) is 3.77. The average Bonchev–Trinajstić information content (AvgIpc) is 2.71. The van der Waals surface area contributed by atoms with Crippen molar-refractivity contribution in [1.29, 1.82) is 0 Å². The number of allylic oxidation sites excluding steroid dienone is 1. The van der Waals surface area contributed by atoms with Crippen LogP contribution in [0.4, 0.5) is 0 Å². The highest BCUT2D eigenvalue weighted by molar-refractivity contribution is 7.97. The van der Waals surface area contributed by atoms with E-state index >= 15 is 0 Å². The Balaban J connectivity index is 2.16. The molecule has 100 valence electrons. The molecular weight excluding hydrogens is 294 g/mol. The fraction of sp³-hybridized carbons (Fsp3) is 0. The molecule has 0 saturated heterocycles. The predicted octanol–water partition coefficient (Wildman–Crippen LogP) is 2.97. The number of Topliss-reactive ketones (excluding diaryl/α,β-unsaturated/α-hetero) is 1. The molecule has 20 heavy (non-hydrogen) atoms. The monoisotopic (exact) mass is 303 g/mol. The molecule has 3 nitrogen and oxygen atoms in total. The maximum Gasteiger partial charge on any atom is 0.248 e. The van der Waals surface area contributed by atoms with E-state index in [0.29, 0.717) is 21.0 Å². The second-order valence-corrected chi connectivity index (χ2v) is 6.17. The van der Waals surface area contributed by atoms with Crippen LogP contribution >= 0.6 is 11.6 Å². The summed E-state index contributed by atoms with van der Waals surface area (Å²) in [7, 11) is 0. The predicted molar refractivity (Wildman–Crippen MR) is 79.7 cm³/mol. The lowest BCUT2D eigenvalue weighted by Gasteiger charge is -2.07. The van der Waals surface area contributed by atoms with Crippen LogP contribution in [-0.4, -0.2) is 10.3 Å². The smallest absolute Gasteiger partial charge is 0.248 e. The van der Waals surface area contributed by atoms with Crippen molar-refractivity contribution in [2.45, 2.75) is 4.90 Å². The number of rotatable bonds is 1. The topological polar surface area (TPSA) is 66.2 Å². The van der Waals surface area contributed by atoms with Crippen LogP contribution in [0.3, 0.4) is 0 Å². The first kappa shape index (κ1) is 13.2. The van der Waals surface area contributed by atoms with Gasteiger partial charge in [-0.15, -0.1) is 0 Å². The number of ketones is 1. The van der Waals surface area contributed by atoms with Crippen LogP contribution in [0.25, 0.3) is 5.70 Å². The van der Waals surface area contributed by atoms with Crippen LogP contribution in [-0.2, 0) is 11.2 Å². The lowest BCUT2D eigenvalue weighted by molar-refractivity contribution is 0.104. The van der Waals surface area contributed by atoms with Gasteiger partial charge in [0.05, 0.1) is 11.3 Å². The van der Waals surface area contributed by atoms with Crippen LogP contribution in [0.15, 0.2) is 58.3 Å². The number of nitrogens with two attached hydrogens (primary N) is 1. The Morgan fingerprint density at radius 3 is 2.55 bits per heavy atom. The Labute approximate surface area is 124 Å². The van der Waals surface area contributed by atoms with Crippen molar-refractivity contribution in [3.63, 3.8) is 0 Å². The van der Waals surface area contributed by atoms with Crippen molar-refractivity contribution < 1.29 is 9.35 Å². The molecule has 0 radical (unpaired) electrons. The minimum Gasteiger partial charge on any atom is -0.606 e. The molecule has 0 spiro atoms. The Hall–Kier alpha value is -1.75. The van der Waals surface area contributed by atoms with Gasteiger partial charge in [-0.05, 0) is 12.1 Å². The molecule has 0 fully saturated rings. The van der Waals surface area contributed by atoms with Gasteiger partial charge in [-0.25, -0.2) is 0 Å². The van der Waals surface area contributed by atoms with Gasteiger partial charge in [0.15, 0.2) is 4.90 Å². The van der Waals surface area contributed by atoms with E-state index in [2.05, 4.69) is 0 Å². The number of carbonyl (C=O) groups is 1. The van der Waals surface area contributed by atoms with E-state index < -0.39 is 11.2 Å². The molecule has 2 aromatic carbocycles. The second kappa shape index (κ2) is 4.98. The van der Waals surface area contributed by atoms with Gasteiger partial charge in [0, 0.05) is 27.8 Å². The summed E-state index contributed by atoms with van der Waals surface area (Å²) in [6.07, 6.45) is 0. The summed E-state index contributed by atoms with van der Waals surface area (Å²) in [5.41, 5.74) is 7.37. The van der Waals surface area contributed by atoms with Crippen LogP contribution in [0.2, 0.25) is 5.02 Å². The Morgan fingerprint density at radius 2 is 1.85 bits per heavy atom. The zero-order valence-corrected chi connectivity index (χ0v) is 11.9. The van der Waals surface area contributed by atoms with Crippen molar-refractivity contribution in [2.24, 2.45) is 5.73 Å². The summed E-state index contributed by atoms with van der Waals surface area (Å²) in [6.45, 7) is 0. The highest BCUT2D eigenvalue weighted by atomic mass is 35.5. The molecule has 1 atom stereocenters. The van der Waals surface area contributed by atoms with E-state index in [9.17, 15) is 9.35 Å². The lowest BCUT2D eigenvalue weighted by atomic mass is 10.1. The third-order valence-electron chi connectivity index (χ3n) is 3.11. The molecule has 1 aliphatic heterocycles. The van der Waals surface area contributed by atoms with Crippen LogP contribution < -0.4 is 5.73 Å². The molecule has 0 aromatic heterocycles. The number of fused-ring (bicyclic) bond motifs is 1. The Morgan fingerprint density at radius 1 is 1.15 bits per heavy atom. The molecule has 0 saturated carbocycles. The maximum atomic E-state index is 12.5. The molecule has 0 amide bonds. The quantitative estimate of drug-likeness (QED) is 0.650. The minimum absolute atomic E-state index is 0.133. The summed E-state index contributed by atoms with van der Waals surface area (Å²) < 4.78 is 12.5. The molecule has 1 aliphatic rings. The second-order valence-electron chi connectivity index (χ2n) is 4.35. The number of hydrogen-bond acceptors (Lipinski definition) is 3. The largest absolute Gasteiger partial charge is 0.606 e.